The SMILES string of the molecule is COC(CNC(=O)N[C@](C)(Cc1ccc(C#N)cc1)C(=O)Nc1cc(Cl)c(F)c(Cl)c1)OC. The zero-order valence-electron chi connectivity index (χ0n) is 18.2. The maximum absolute atomic E-state index is 13.7. The molecule has 3 amide bonds. The minimum Gasteiger partial charge on any atom is -0.354 e. The summed E-state index contributed by atoms with van der Waals surface area (Å²) < 4.78 is 23.8. The van der Waals surface area contributed by atoms with Gasteiger partial charge in [-0.2, -0.15) is 5.26 Å². The molecule has 1 atom stereocenters. The third-order valence-electron chi connectivity index (χ3n) is 4.73. The van der Waals surface area contributed by atoms with Gasteiger partial charge in [-0.25, -0.2) is 9.18 Å². The van der Waals surface area contributed by atoms with Crippen molar-refractivity contribution >= 4 is 40.8 Å². The van der Waals surface area contributed by atoms with Crippen molar-refractivity contribution in [3.63, 3.8) is 0 Å². The average molecular weight is 497 g/mol. The van der Waals surface area contributed by atoms with Gasteiger partial charge >= 0.3 is 6.03 Å². The number of nitrogens with zero attached hydrogens (tertiary/aromatic N) is 1. The van der Waals surface area contributed by atoms with Gasteiger partial charge in [-0.1, -0.05) is 35.3 Å². The molecule has 0 radical (unpaired) electrons. The van der Waals surface area contributed by atoms with Crippen LogP contribution < -0.4 is 16.0 Å². The van der Waals surface area contributed by atoms with E-state index in [0.717, 1.165) is 0 Å². The number of hydrogen-bond acceptors (Lipinski definition) is 5. The Bertz CT molecular complexity index is 1020. The van der Waals surface area contributed by atoms with Crippen molar-refractivity contribution in [2.24, 2.45) is 0 Å². The highest BCUT2D eigenvalue weighted by molar-refractivity contribution is 6.35. The van der Waals surface area contributed by atoms with Crippen LogP contribution in [0.4, 0.5) is 14.9 Å². The molecular formula is C22H23Cl2FN4O4. The van der Waals surface area contributed by atoms with E-state index in [9.17, 15) is 14.0 Å². The molecule has 0 bridgehead atoms. The van der Waals surface area contributed by atoms with Gasteiger partial charge in [-0.05, 0) is 36.8 Å². The van der Waals surface area contributed by atoms with Crippen molar-refractivity contribution in [1.29, 1.82) is 5.26 Å². The van der Waals surface area contributed by atoms with Gasteiger partial charge in [-0.3, -0.25) is 4.79 Å². The van der Waals surface area contributed by atoms with Crippen LogP contribution in [0.2, 0.25) is 10.0 Å². The van der Waals surface area contributed by atoms with E-state index in [1.54, 1.807) is 24.3 Å². The standard InChI is InChI=1S/C22H23Cl2FN4O4/c1-22(10-13-4-6-14(11-26)7-5-13,29-21(31)27-12-18(32-2)33-3)20(30)28-15-8-16(23)19(25)17(24)9-15/h4-9,18H,10,12H2,1-3H3,(H,28,30)(H2,27,29,31)/t22-/m1/s1. The van der Waals surface area contributed by atoms with Gasteiger partial charge in [0.1, 0.15) is 5.54 Å². The number of urea groups is 1. The fourth-order valence-corrected chi connectivity index (χ4v) is 3.40. The second-order valence-corrected chi connectivity index (χ2v) is 8.08. The number of hydrogen-bond donors (Lipinski definition) is 3. The van der Waals surface area contributed by atoms with E-state index < -0.39 is 29.6 Å². The zero-order chi connectivity index (χ0) is 24.6. The minimum absolute atomic E-state index is 0.0383. The summed E-state index contributed by atoms with van der Waals surface area (Å²) >= 11 is 11.6. The van der Waals surface area contributed by atoms with Gasteiger partial charge in [0.2, 0.25) is 5.91 Å². The van der Waals surface area contributed by atoms with Crippen LogP contribution in [0.5, 0.6) is 0 Å². The maximum atomic E-state index is 13.7. The molecule has 176 valence electrons. The highest BCUT2D eigenvalue weighted by Gasteiger charge is 2.35. The van der Waals surface area contributed by atoms with Crippen molar-refractivity contribution in [2.75, 3.05) is 26.1 Å². The summed E-state index contributed by atoms with van der Waals surface area (Å²) in [5, 5.41) is 16.3. The molecule has 0 spiro atoms. The first-order valence-electron chi connectivity index (χ1n) is 9.68. The Balaban J connectivity index is 2.27. The number of nitriles is 1. The van der Waals surface area contributed by atoms with Crippen molar-refractivity contribution in [3.05, 3.63) is 63.4 Å². The Morgan fingerprint density at radius 1 is 1.15 bits per heavy atom. The van der Waals surface area contributed by atoms with E-state index in [-0.39, 0.29) is 28.7 Å². The number of anilines is 1. The number of ether oxygens (including phenoxy) is 2. The highest BCUT2D eigenvalue weighted by atomic mass is 35.5. The summed E-state index contributed by atoms with van der Waals surface area (Å²) in [5.74, 6) is -1.41. The van der Waals surface area contributed by atoms with Crippen LogP contribution in [-0.2, 0) is 20.7 Å². The van der Waals surface area contributed by atoms with E-state index >= 15 is 0 Å². The van der Waals surface area contributed by atoms with Crippen LogP contribution in [0.3, 0.4) is 0 Å². The number of rotatable bonds is 9. The lowest BCUT2D eigenvalue weighted by atomic mass is 9.91. The molecule has 0 saturated heterocycles. The highest BCUT2D eigenvalue weighted by Crippen LogP contribution is 2.28. The molecule has 11 heteroatoms. The Morgan fingerprint density at radius 3 is 2.24 bits per heavy atom. The summed E-state index contributed by atoms with van der Waals surface area (Å²) in [4.78, 5) is 25.8. The Kier molecular flexibility index (Phi) is 9.44. The van der Waals surface area contributed by atoms with Crippen molar-refractivity contribution in [3.8, 4) is 6.07 Å². The summed E-state index contributed by atoms with van der Waals surface area (Å²) in [6, 6.07) is 10.4. The molecule has 0 saturated carbocycles. The number of benzene rings is 2. The van der Waals surface area contributed by atoms with Crippen LogP contribution in [-0.4, -0.2) is 44.5 Å². The second-order valence-electron chi connectivity index (χ2n) is 7.26. The first kappa shape index (κ1) is 26.4. The third-order valence-corrected chi connectivity index (χ3v) is 5.28. The molecule has 0 aromatic heterocycles. The van der Waals surface area contributed by atoms with E-state index in [0.29, 0.717) is 11.1 Å². The number of carbonyl (C=O) groups excluding carboxylic acids is 2. The number of halogens is 3. The molecule has 0 fully saturated rings. The molecule has 0 aliphatic carbocycles. The quantitative estimate of drug-likeness (QED) is 0.360. The molecule has 8 nitrogen and oxygen atoms in total. The van der Waals surface area contributed by atoms with Crippen molar-refractivity contribution in [2.45, 2.75) is 25.2 Å². The summed E-state index contributed by atoms with van der Waals surface area (Å²) in [7, 11) is 2.85. The fraction of sp³-hybridized carbons (Fsp3) is 0.318. The molecular weight excluding hydrogens is 474 g/mol. The van der Waals surface area contributed by atoms with Gasteiger partial charge < -0.3 is 25.4 Å². The van der Waals surface area contributed by atoms with Crippen LogP contribution >= 0.6 is 23.2 Å². The lowest BCUT2D eigenvalue weighted by molar-refractivity contribution is -0.121. The van der Waals surface area contributed by atoms with Gasteiger partial charge in [0.05, 0.1) is 28.2 Å². The molecule has 2 rings (SSSR count). The molecule has 0 aliphatic rings. The fourth-order valence-electron chi connectivity index (χ4n) is 2.92. The first-order chi connectivity index (χ1) is 15.6. The molecule has 3 N–H and O–H groups in total. The predicted molar refractivity (Wildman–Crippen MR) is 123 cm³/mol. The summed E-state index contributed by atoms with van der Waals surface area (Å²) in [5.41, 5.74) is -0.157. The smallest absolute Gasteiger partial charge is 0.315 e. The van der Waals surface area contributed by atoms with E-state index in [2.05, 4.69) is 16.0 Å². The lowest BCUT2D eigenvalue weighted by Gasteiger charge is -2.30. The molecule has 33 heavy (non-hydrogen) atoms. The number of methoxy groups -OCH3 is 2. The summed E-state index contributed by atoms with van der Waals surface area (Å²) in [6.07, 6.45) is -0.587. The monoisotopic (exact) mass is 496 g/mol. The van der Waals surface area contributed by atoms with Crippen LogP contribution in [0, 0.1) is 17.1 Å². The van der Waals surface area contributed by atoms with E-state index in [1.165, 1.54) is 33.3 Å². The van der Waals surface area contributed by atoms with Crippen molar-refractivity contribution < 1.29 is 23.5 Å². The molecule has 0 heterocycles. The van der Waals surface area contributed by atoms with Crippen LogP contribution in [0.15, 0.2) is 36.4 Å². The van der Waals surface area contributed by atoms with Crippen LogP contribution in [0.1, 0.15) is 18.1 Å². The van der Waals surface area contributed by atoms with Crippen LogP contribution in [0.25, 0.3) is 0 Å². The zero-order valence-corrected chi connectivity index (χ0v) is 19.7. The number of amides is 3. The normalized spacial score (nSPS) is 12.5. The second kappa shape index (κ2) is 11.8. The van der Waals surface area contributed by atoms with Gasteiger partial charge in [-0.15, -0.1) is 0 Å². The van der Waals surface area contributed by atoms with Gasteiger partial charge in [0, 0.05) is 26.3 Å². The maximum Gasteiger partial charge on any atom is 0.315 e. The molecule has 0 aliphatic heterocycles. The molecule has 2 aromatic rings. The Morgan fingerprint density at radius 2 is 1.73 bits per heavy atom. The Hall–Kier alpha value is -2.90. The largest absolute Gasteiger partial charge is 0.354 e. The molecule has 0 unspecified atom stereocenters. The first-order valence-corrected chi connectivity index (χ1v) is 10.4. The summed E-state index contributed by atoms with van der Waals surface area (Å²) in [6.45, 7) is 1.56. The lowest BCUT2D eigenvalue weighted by Crippen LogP contribution is -2.59. The molecule has 2 aromatic carbocycles. The van der Waals surface area contributed by atoms with Gasteiger partial charge in [0.15, 0.2) is 12.1 Å². The topological polar surface area (TPSA) is 112 Å². The number of carbonyl (C=O) groups is 2. The predicted octanol–water partition coefficient (Wildman–Crippen LogP) is 3.86. The third kappa shape index (κ3) is 7.30. The number of nitrogens with one attached hydrogen (secondary N) is 3. The minimum atomic E-state index is -1.46. The Labute approximate surface area is 201 Å². The van der Waals surface area contributed by atoms with Crippen molar-refractivity contribution in [1.82, 2.24) is 10.6 Å². The average Bonchev–Trinajstić information content (AvgIpc) is 2.78. The van der Waals surface area contributed by atoms with Gasteiger partial charge in [0.25, 0.3) is 0 Å². The van der Waals surface area contributed by atoms with E-state index in [1.807, 2.05) is 6.07 Å². The van der Waals surface area contributed by atoms with E-state index in [4.69, 9.17) is 37.9 Å².